The van der Waals surface area contributed by atoms with Crippen molar-refractivity contribution < 1.29 is 9.15 Å². The average molecular weight is 220 g/mol. The molecule has 0 unspecified atom stereocenters. The highest BCUT2D eigenvalue weighted by Gasteiger charge is 2.05. The largest absolute Gasteiger partial charge is 0.469 e. The number of hydrazine groups is 1. The van der Waals surface area contributed by atoms with Crippen LogP contribution >= 0.6 is 0 Å². The van der Waals surface area contributed by atoms with E-state index in [2.05, 4.69) is 15.4 Å². The summed E-state index contributed by atoms with van der Waals surface area (Å²) in [6.45, 7) is 2.19. The summed E-state index contributed by atoms with van der Waals surface area (Å²) in [5.41, 5.74) is 3.20. The maximum absolute atomic E-state index is 5.48. The molecule has 6 heteroatoms. The molecule has 0 aliphatic heterocycles. The van der Waals surface area contributed by atoms with E-state index in [4.69, 9.17) is 15.0 Å². The zero-order valence-electron chi connectivity index (χ0n) is 8.80. The van der Waals surface area contributed by atoms with Crippen LogP contribution in [0.25, 0.3) is 0 Å². The molecule has 0 aliphatic rings. The normalized spacial score (nSPS) is 10.1. The third kappa shape index (κ3) is 2.29. The highest BCUT2D eigenvalue weighted by Crippen LogP contribution is 2.16. The van der Waals surface area contributed by atoms with Crippen molar-refractivity contribution in [2.24, 2.45) is 5.84 Å². The Bertz CT molecular complexity index is 456. The predicted octanol–water partition coefficient (Wildman–Crippen LogP) is 1.24. The molecule has 84 valence electrons. The van der Waals surface area contributed by atoms with Crippen molar-refractivity contribution in [2.75, 3.05) is 5.43 Å². The highest BCUT2D eigenvalue weighted by molar-refractivity contribution is 5.31. The summed E-state index contributed by atoms with van der Waals surface area (Å²) in [5, 5.41) is 0. The molecule has 0 radical (unpaired) electrons. The summed E-state index contributed by atoms with van der Waals surface area (Å²) in [5.74, 6) is 6.75. The Kier molecular flexibility index (Phi) is 3.02. The van der Waals surface area contributed by atoms with E-state index in [0.29, 0.717) is 18.4 Å². The fourth-order valence-electron chi connectivity index (χ4n) is 1.18. The van der Waals surface area contributed by atoms with Gasteiger partial charge in [0.15, 0.2) is 0 Å². The van der Waals surface area contributed by atoms with Gasteiger partial charge in [-0.05, 0) is 19.1 Å². The SMILES string of the molecule is Cc1cnc(NN)nc1OCc1ccco1. The smallest absolute Gasteiger partial charge is 0.240 e. The fraction of sp³-hybridized carbons (Fsp3) is 0.200. The van der Waals surface area contributed by atoms with Gasteiger partial charge in [0.2, 0.25) is 11.8 Å². The van der Waals surface area contributed by atoms with E-state index >= 15 is 0 Å². The molecule has 2 heterocycles. The van der Waals surface area contributed by atoms with Crippen molar-refractivity contribution in [3.63, 3.8) is 0 Å². The molecular weight excluding hydrogens is 208 g/mol. The first-order valence-electron chi connectivity index (χ1n) is 4.75. The maximum atomic E-state index is 5.48. The van der Waals surface area contributed by atoms with Crippen molar-refractivity contribution in [3.8, 4) is 5.88 Å². The zero-order chi connectivity index (χ0) is 11.4. The van der Waals surface area contributed by atoms with E-state index in [9.17, 15) is 0 Å². The van der Waals surface area contributed by atoms with Gasteiger partial charge in [-0.15, -0.1) is 0 Å². The van der Waals surface area contributed by atoms with Crippen molar-refractivity contribution in [2.45, 2.75) is 13.5 Å². The van der Waals surface area contributed by atoms with E-state index in [0.717, 1.165) is 11.3 Å². The Balaban J connectivity index is 2.08. The molecule has 0 atom stereocenters. The number of anilines is 1. The van der Waals surface area contributed by atoms with Gasteiger partial charge < -0.3 is 9.15 Å². The quantitative estimate of drug-likeness (QED) is 0.595. The van der Waals surface area contributed by atoms with Gasteiger partial charge in [0.1, 0.15) is 12.4 Å². The number of ether oxygens (including phenoxy) is 1. The Hall–Kier alpha value is -2.08. The Morgan fingerprint density at radius 2 is 2.44 bits per heavy atom. The van der Waals surface area contributed by atoms with Crippen molar-refractivity contribution in [1.29, 1.82) is 0 Å². The van der Waals surface area contributed by atoms with Crippen molar-refractivity contribution >= 4 is 5.95 Å². The molecule has 0 bridgehead atoms. The second-order valence-corrected chi connectivity index (χ2v) is 3.19. The summed E-state index contributed by atoms with van der Waals surface area (Å²) in [4.78, 5) is 8.03. The number of nitrogen functional groups attached to an aromatic ring is 1. The topological polar surface area (TPSA) is 86.2 Å². The lowest BCUT2D eigenvalue weighted by molar-refractivity contribution is 0.258. The molecule has 3 N–H and O–H groups in total. The number of nitrogens with two attached hydrogens (primary N) is 1. The number of nitrogens with zero attached hydrogens (tertiary/aromatic N) is 2. The van der Waals surface area contributed by atoms with Gasteiger partial charge >= 0.3 is 0 Å². The predicted molar refractivity (Wildman–Crippen MR) is 57.6 cm³/mol. The number of nitrogens with one attached hydrogen (secondary N) is 1. The van der Waals surface area contributed by atoms with E-state index < -0.39 is 0 Å². The summed E-state index contributed by atoms with van der Waals surface area (Å²) < 4.78 is 10.6. The maximum Gasteiger partial charge on any atom is 0.240 e. The van der Waals surface area contributed by atoms with Crippen LogP contribution in [0, 0.1) is 6.92 Å². The second-order valence-electron chi connectivity index (χ2n) is 3.19. The van der Waals surface area contributed by atoms with Gasteiger partial charge in [-0.1, -0.05) is 0 Å². The minimum Gasteiger partial charge on any atom is -0.469 e. The summed E-state index contributed by atoms with van der Waals surface area (Å²) in [6.07, 6.45) is 3.23. The van der Waals surface area contributed by atoms with Crippen LogP contribution in [-0.2, 0) is 6.61 Å². The number of hydrogen-bond acceptors (Lipinski definition) is 6. The summed E-state index contributed by atoms with van der Waals surface area (Å²) in [7, 11) is 0. The van der Waals surface area contributed by atoms with Gasteiger partial charge in [-0.2, -0.15) is 4.98 Å². The molecule has 0 amide bonds. The monoisotopic (exact) mass is 220 g/mol. The first-order chi connectivity index (χ1) is 7.79. The minimum atomic E-state index is 0.319. The summed E-state index contributed by atoms with van der Waals surface area (Å²) in [6, 6.07) is 3.64. The summed E-state index contributed by atoms with van der Waals surface area (Å²) >= 11 is 0. The molecule has 2 aromatic rings. The molecule has 0 spiro atoms. The molecule has 0 aliphatic carbocycles. The third-order valence-electron chi connectivity index (χ3n) is 1.99. The fourth-order valence-corrected chi connectivity index (χ4v) is 1.18. The number of aromatic nitrogens is 2. The Labute approximate surface area is 92.4 Å². The van der Waals surface area contributed by atoms with Gasteiger partial charge in [0.25, 0.3) is 0 Å². The number of furan rings is 1. The Morgan fingerprint density at radius 3 is 3.12 bits per heavy atom. The molecule has 2 aromatic heterocycles. The lowest BCUT2D eigenvalue weighted by Crippen LogP contribution is -2.11. The minimum absolute atomic E-state index is 0.319. The molecule has 0 saturated carbocycles. The van der Waals surface area contributed by atoms with Crippen LogP contribution in [-0.4, -0.2) is 9.97 Å². The van der Waals surface area contributed by atoms with Crippen LogP contribution in [0.5, 0.6) is 5.88 Å². The van der Waals surface area contributed by atoms with Crippen LogP contribution in [0.1, 0.15) is 11.3 Å². The van der Waals surface area contributed by atoms with Crippen molar-refractivity contribution in [1.82, 2.24) is 9.97 Å². The van der Waals surface area contributed by atoms with Crippen LogP contribution < -0.4 is 16.0 Å². The number of rotatable bonds is 4. The molecular formula is C10H12N4O2. The third-order valence-corrected chi connectivity index (χ3v) is 1.99. The van der Waals surface area contributed by atoms with E-state index in [-0.39, 0.29) is 0 Å². The molecule has 0 aromatic carbocycles. The highest BCUT2D eigenvalue weighted by atomic mass is 16.5. The number of aryl methyl sites for hydroxylation is 1. The zero-order valence-corrected chi connectivity index (χ0v) is 8.80. The van der Waals surface area contributed by atoms with Gasteiger partial charge in [0, 0.05) is 11.8 Å². The lowest BCUT2D eigenvalue weighted by Gasteiger charge is -2.07. The first kappa shape index (κ1) is 10.4. The van der Waals surface area contributed by atoms with E-state index in [1.54, 1.807) is 18.5 Å². The van der Waals surface area contributed by atoms with Crippen molar-refractivity contribution in [3.05, 3.63) is 35.9 Å². The standard InChI is InChI=1S/C10H12N4O2/c1-7-5-12-10(14-11)13-9(7)16-6-8-3-2-4-15-8/h2-5H,6,11H2,1H3,(H,12,13,14). The van der Waals surface area contributed by atoms with Gasteiger partial charge in [-0.25, -0.2) is 10.8 Å². The van der Waals surface area contributed by atoms with E-state index in [1.807, 2.05) is 13.0 Å². The van der Waals surface area contributed by atoms with Crippen LogP contribution in [0.15, 0.2) is 29.0 Å². The number of hydrogen-bond donors (Lipinski definition) is 2. The van der Waals surface area contributed by atoms with Crippen LogP contribution in [0.4, 0.5) is 5.95 Å². The van der Waals surface area contributed by atoms with Gasteiger partial charge in [-0.3, -0.25) is 5.43 Å². The van der Waals surface area contributed by atoms with Crippen LogP contribution in [0.3, 0.4) is 0 Å². The average Bonchev–Trinajstić information content (AvgIpc) is 2.81. The second kappa shape index (κ2) is 4.63. The van der Waals surface area contributed by atoms with Crippen LogP contribution in [0.2, 0.25) is 0 Å². The van der Waals surface area contributed by atoms with Gasteiger partial charge in [0.05, 0.1) is 6.26 Å². The lowest BCUT2D eigenvalue weighted by atomic mass is 10.4. The molecule has 16 heavy (non-hydrogen) atoms. The molecule has 2 rings (SSSR count). The first-order valence-corrected chi connectivity index (χ1v) is 4.75. The van der Waals surface area contributed by atoms with E-state index in [1.165, 1.54) is 0 Å². The molecule has 6 nitrogen and oxygen atoms in total. The molecule has 0 fully saturated rings. The Morgan fingerprint density at radius 1 is 1.56 bits per heavy atom. The molecule has 0 saturated heterocycles.